The Hall–Kier alpha value is -1.39. The summed E-state index contributed by atoms with van der Waals surface area (Å²) in [6, 6.07) is 0.408. The van der Waals surface area contributed by atoms with E-state index in [9.17, 15) is 26.3 Å². The zero-order valence-electron chi connectivity index (χ0n) is 10.9. The largest absolute Gasteiger partial charge is 0.573 e. The van der Waals surface area contributed by atoms with Crippen LogP contribution >= 0.6 is 12.4 Å². The summed E-state index contributed by atoms with van der Waals surface area (Å²) in [7, 11) is 1.09. The molecule has 1 rings (SSSR count). The number of benzene rings is 1. The lowest BCUT2D eigenvalue weighted by molar-refractivity contribution is -0.274. The maximum atomic E-state index is 12.4. The van der Waals surface area contributed by atoms with Crippen molar-refractivity contribution in [2.75, 3.05) is 7.11 Å². The lowest BCUT2D eigenvalue weighted by Gasteiger charge is -2.23. The fraction of sp³-hybridized carbons (Fsp3) is 0.455. The van der Waals surface area contributed by atoms with Crippen LogP contribution in [0.4, 0.5) is 26.3 Å². The van der Waals surface area contributed by atoms with Crippen LogP contribution < -0.4 is 15.2 Å². The number of rotatable bonds is 4. The third-order valence-corrected chi connectivity index (χ3v) is 2.47. The van der Waals surface area contributed by atoms with Crippen molar-refractivity contribution in [3.05, 3.63) is 23.8 Å². The number of aliphatic hydroxyl groups excluding tert-OH is 1. The van der Waals surface area contributed by atoms with Crippen molar-refractivity contribution >= 4 is 12.4 Å². The quantitative estimate of drug-likeness (QED) is 0.815. The Kier molecular flexibility index (Phi) is 6.79. The lowest BCUT2D eigenvalue weighted by Crippen LogP contribution is -2.39. The number of hydrogen-bond donors (Lipinski definition) is 2. The van der Waals surface area contributed by atoms with Gasteiger partial charge in [0, 0.05) is 5.56 Å². The van der Waals surface area contributed by atoms with Gasteiger partial charge in [0.2, 0.25) is 0 Å². The third-order valence-electron chi connectivity index (χ3n) is 2.47. The van der Waals surface area contributed by atoms with Crippen LogP contribution in [-0.4, -0.2) is 30.9 Å². The van der Waals surface area contributed by atoms with Crippen molar-refractivity contribution in [1.29, 1.82) is 0 Å². The number of methoxy groups -OCH3 is 1. The zero-order chi connectivity index (χ0) is 16.4. The minimum atomic E-state index is -5.04. The first-order chi connectivity index (χ1) is 9.45. The third kappa shape index (κ3) is 5.43. The van der Waals surface area contributed by atoms with E-state index in [2.05, 4.69) is 4.74 Å². The summed E-state index contributed by atoms with van der Waals surface area (Å²) in [5.74, 6) is -0.983. The van der Waals surface area contributed by atoms with Crippen LogP contribution in [0.5, 0.6) is 11.5 Å². The highest BCUT2D eigenvalue weighted by molar-refractivity contribution is 5.85. The molecule has 0 aliphatic carbocycles. The lowest BCUT2D eigenvalue weighted by atomic mass is 10.0. The molecule has 0 spiro atoms. The van der Waals surface area contributed by atoms with Crippen molar-refractivity contribution in [3.8, 4) is 11.5 Å². The van der Waals surface area contributed by atoms with Crippen molar-refractivity contribution < 1.29 is 40.9 Å². The summed E-state index contributed by atoms with van der Waals surface area (Å²) in [6.45, 7) is 0. The molecule has 22 heavy (non-hydrogen) atoms. The molecule has 1 aromatic carbocycles. The summed E-state index contributed by atoms with van der Waals surface area (Å²) in [4.78, 5) is 0. The summed E-state index contributed by atoms with van der Waals surface area (Å²) in [6.07, 6.45) is -13.0. The molecule has 0 radical (unpaired) electrons. The Morgan fingerprint density at radius 2 is 1.68 bits per heavy atom. The van der Waals surface area contributed by atoms with E-state index in [0.717, 1.165) is 19.2 Å². The highest BCUT2D eigenvalue weighted by atomic mass is 35.5. The number of halogens is 7. The van der Waals surface area contributed by atoms with Gasteiger partial charge in [-0.05, 0) is 18.2 Å². The average Bonchev–Trinajstić information content (AvgIpc) is 2.34. The molecule has 11 heteroatoms. The second kappa shape index (κ2) is 7.25. The maximum Gasteiger partial charge on any atom is 0.573 e. The molecule has 0 saturated carbocycles. The molecule has 0 heterocycles. The number of aliphatic hydroxyl groups is 1. The molecule has 0 bridgehead atoms. The van der Waals surface area contributed by atoms with E-state index in [1.807, 2.05) is 0 Å². The Morgan fingerprint density at radius 3 is 2.09 bits per heavy atom. The van der Waals surface area contributed by atoms with Gasteiger partial charge in [-0.15, -0.1) is 25.6 Å². The highest BCUT2D eigenvalue weighted by Crippen LogP contribution is 2.36. The Bertz CT molecular complexity index is 494. The topological polar surface area (TPSA) is 64.7 Å². The molecular formula is C11H12ClF6NO3. The molecular weight excluding hydrogens is 344 g/mol. The number of alkyl halides is 6. The molecule has 0 aliphatic heterocycles. The molecule has 0 unspecified atom stereocenters. The zero-order valence-corrected chi connectivity index (χ0v) is 11.7. The molecule has 0 aliphatic rings. The second-order valence-electron chi connectivity index (χ2n) is 3.96. The summed E-state index contributed by atoms with van der Waals surface area (Å²) >= 11 is 0. The van der Waals surface area contributed by atoms with Crippen LogP contribution in [0.25, 0.3) is 0 Å². The number of nitrogens with two attached hydrogens (primary N) is 1. The van der Waals surface area contributed by atoms with Crippen molar-refractivity contribution in [2.24, 2.45) is 5.73 Å². The van der Waals surface area contributed by atoms with Gasteiger partial charge in [-0.1, -0.05) is 0 Å². The Morgan fingerprint density at radius 1 is 1.14 bits per heavy atom. The average molecular weight is 356 g/mol. The second-order valence-corrected chi connectivity index (χ2v) is 3.96. The van der Waals surface area contributed by atoms with Crippen LogP contribution in [0.1, 0.15) is 11.6 Å². The van der Waals surface area contributed by atoms with Gasteiger partial charge >= 0.3 is 12.5 Å². The minimum Gasteiger partial charge on any atom is -0.496 e. The van der Waals surface area contributed by atoms with Gasteiger partial charge in [0.15, 0.2) is 6.10 Å². The minimum absolute atomic E-state index is 0. The van der Waals surface area contributed by atoms with E-state index in [0.29, 0.717) is 6.07 Å². The first-order valence-corrected chi connectivity index (χ1v) is 5.39. The predicted molar refractivity (Wildman–Crippen MR) is 65.9 cm³/mol. The van der Waals surface area contributed by atoms with Gasteiger partial charge in [-0.3, -0.25) is 0 Å². The van der Waals surface area contributed by atoms with Crippen molar-refractivity contribution in [1.82, 2.24) is 0 Å². The fourth-order valence-electron chi connectivity index (χ4n) is 1.54. The van der Waals surface area contributed by atoms with Gasteiger partial charge in [-0.25, -0.2) is 0 Å². The van der Waals surface area contributed by atoms with E-state index in [-0.39, 0.29) is 18.2 Å². The van der Waals surface area contributed by atoms with Crippen molar-refractivity contribution in [2.45, 2.75) is 24.7 Å². The molecule has 4 nitrogen and oxygen atoms in total. The molecule has 0 aromatic heterocycles. The molecule has 2 atom stereocenters. The normalized spacial score (nSPS) is 14.8. The maximum absolute atomic E-state index is 12.4. The van der Waals surface area contributed by atoms with Crippen molar-refractivity contribution in [3.63, 3.8) is 0 Å². The molecule has 3 N–H and O–H groups in total. The number of hydrogen-bond acceptors (Lipinski definition) is 4. The molecule has 1 aromatic rings. The molecule has 0 saturated heterocycles. The summed E-state index contributed by atoms with van der Waals surface area (Å²) in [5, 5.41) is 9.08. The summed E-state index contributed by atoms with van der Waals surface area (Å²) in [5.41, 5.74) is 4.78. The van der Waals surface area contributed by atoms with Crippen LogP contribution in [-0.2, 0) is 0 Å². The van der Waals surface area contributed by atoms with Gasteiger partial charge in [0.05, 0.1) is 13.2 Å². The van der Waals surface area contributed by atoms with Gasteiger partial charge in [-0.2, -0.15) is 13.2 Å². The van der Waals surface area contributed by atoms with Crippen LogP contribution in [0.15, 0.2) is 18.2 Å². The van der Waals surface area contributed by atoms with Gasteiger partial charge in [0.1, 0.15) is 11.5 Å². The van der Waals surface area contributed by atoms with Crippen LogP contribution in [0, 0.1) is 0 Å². The van der Waals surface area contributed by atoms with E-state index in [4.69, 9.17) is 15.6 Å². The van der Waals surface area contributed by atoms with Gasteiger partial charge < -0.3 is 20.3 Å². The SMILES string of the molecule is COc1ccc(OC(F)(F)F)cc1[C@H](N)[C@H](O)C(F)(F)F.Cl. The highest BCUT2D eigenvalue weighted by Gasteiger charge is 2.43. The van der Waals surface area contributed by atoms with E-state index in [1.165, 1.54) is 0 Å². The van der Waals surface area contributed by atoms with E-state index in [1.54, 1.807) is 0 Å². The Balaban J connectivity index is 0.00000441. The van der Waals surface area contributed by atoms with Gasteiger partial charge in [0.25, 0.3) is 0 Å². The predicted octanol–water partition coefficient (Wildman–Crippen LogP) is 2.94. The standard InChI is InChI=1S/C11H11F6NO3.ClH/c1-20-7-3-2-5(21-11(15,16)17)4-6(7)8(18)9(19)10(12,13)14;/h2-4,8-9,19H,18H2,1H3;1H/t8-,9-;/m0./s1. The van der Waals surface area contributed by atoms with Crippen LogP contribution in [0.2, 0.25) is 0 Å². The smallest absolute Gasteiger partial charge is 0.496 e. The van der Waals surface area contributed by atoms with E-state index >= 15 is 0 Å². The molecule has 0 amide bonds. The monoisotopic (exact) mass is 355 g/mol. The Labute approximate surface area is 127 Å². The first kappa shape index (κ1) is 20.6. The number of ether oxygens (including phenoxy) is 2. The summed E-state index contributed by atoms with van der Waals surface area (Å²) < 4.78 is 81.8. The molecule has 0 fully saturated rings. The molecule has 128 valence electrons. The van der Waals surface area contributed by atoms with E-state index < -0.39 is 36.0 Å². The van der Waals surface area contributed by atoms with Crippen LogP contribution in [0.3, 0.4) is 0 Å². The first-order valence-electron chi connectivity index (χ1n) is 5.39. The fourth-order valence-corrected chi connectivity index (χ4v) is 1.54.